The van der Waals surface area contributed by atoms with Gasteiger partial charge < -0.3 is 14.6 Å². The fourth-order valence-electron chi connectivity index (χ4n) is 2.03. The molecule has 2 rings (SSSR count). The second kappa shape index (κ2) is 5.38. The van der Waals surface area contributed by atoms with Crippen LogP contribution >= 0.6 is 0 Å². The number of likely N-dealkylation sites (N-methyl/N-ethyl adjacent to an activating group) is 1. The van der Waals surface area contributed by atoms with Gasteiger partial charge in [0.15, 0.2) is 11.5 Å². The normalized spacial score (nSPS) is 20.4. The van der Waals surface area contributed by atoms with E-state index in [9.17, 15) is 5.11 Å². The lowest BCUT2D eigenvalue weighted by atomic mass is 10.2. The van der Waals surface area contributed by atoms with Crippen molar-refractivity contribution in [2.45, 2.75) is 19.1 Å². The first kappa shape index (κ1) is 12.2. The van der Waals surface area contributed by atoms with E-state index in [1.54, 1.807) is 6.92 Å². The number of aliphatic hydroxyl groups excluding tert-OH is 1. The maximum absolute atomic E-state index is 9.30. The van der Waals surface area contributed by atoms with Crippen molar-refractivity contribution >= 4 is 0 Å². The van der Waals surface area contributed by atoms with Crippen molar-refractivity contribution in [3.05, 3.63) is 24.3 Å². The quantitative estimate of drug-likeness (QED) is 0.852. The highest BCUT2D eigenvalue weighted by molar-refractivity contribution is 5.40. The van der Waals surface area contributed by atoms with E-state index in [1.807, 2.05) is 36.2 Å². The monoisotopic (exact) mass is 237 g/mol. The van der Waals surface area contributed by atoms with Crippen molar-refractivity contribution in [1.82, 2.24) is 4.90 Å². The first-order chi connectivity index (χ1) is 8.15. The van der Waals surface area contributed by atoms with Crippen LogP contribution in [0.25, 0.3) is 0 Å². The Morgan fingerprint density at radius 1 is 1.41 bits per heavy atom. The molecule has 0 fully saturated rings. The standard InChI is InChI=1S/C13H19NO3/c1-10(15)7-14(2)8-11-9-16-12-5-3-4-6-13(12)17-11/h3-6,10-11,15H,7-9H2,1-2H3. The first-order valence-corrected chi connectivity index (χ1v) is 5.90. The smallest absolute Gasteiger partial charge is 0.161 e. The van der Waals surface area contributed by atoms with Gasteiger partial charge in [-0.2, -0.15) is 0 Å². The van der Waals surface area contributed by atoms with Crippen LogP contribution in [0.15, 0.2) is 24.3 Å². The third-order valence-corrected chi connectivity index (χ3v) is 2.66. The Labute approximate surface area is 102 Å². The van der Waals surface area contributed by atoms with Gasteiger partial charge in [-0.05, 0) is 26.1 Å². The molecule has 0 bridgehead atoms. The molecule has 0 amide bonds. The summed E-state index contributed by atoms with van der Waals surface area (Å²) in [5, 5.41) is 9.30. The molecule has 1 aliphatic rings. The van der Waals surface area contributed by atoms with Crippen molar-refractivity contribution in [1.29, 1.82) is 0 Å². The number of benzene rings is 1. The Hall–Kier alpha value is -1.26. The number of nitrogens with zero attached hydrogens (tertiary/aromatic N) is 1. The molecule has 0 spiro atoms. The molecule has 0 saturated heterocycles. The Morgan fingerprint density at radius 2 is 2.12 bits per heavy atom. The average molecular weight is 237 g/mol. The summed E-state index contributed by atoms with van der Waals surface area (Å²) in [6.45, 7) is 3.73. The van der Waals surface area contributed by atoms with E-state index >= 15 is 0 Å². The lowest BCUT2D eigenvalue weighted by molar-refractivity contribution is 0.0524. The molecule has 1 aromatic rings. The van der Waals surface area contributed by atoms with Crippen LogP contribution in [0.5, 0.6) is 11.5 Å². The zero-order chi connectivity index (χ0) is 12.3. The minimum atomic E-state index is -0.322. The van der Waals surface area contributed by atoms with Crippen LogP contribution in [0.4, 0.5) is 0 Å². The molecule has 1 aliphatic heterocycles. The minimum absolute atomic E-state index is 0.0219. The first-order valence-electron chi connectivity index (χ1n) is 5.90. The van der Waals surface area contributed by atoms with Crippen molar-refractivity contribution in [2.24, 2.45) is 0 Å². The Bertz CT molecular complexity index is 367. The van der Waals surface area contributed by atoms with E-state index in [0.29, 0.717) is 13.2 Å². The van der Waals surface area contributed by atoms with Gasteiger partial charge in [0.2, 0.25) is 0 Å². The summed E-state index contributed by atoms with van der Waals surface area (Å²) in [5.41, 5.74) is 0. The van der Waals surface area contributed by atoms with E-state index in [-0.39, 0.29) is 12.2 Å². The number of hydrogen-bond acceptors (Lipinski definition) is 4. The van der Waals surface area contributed by atoms with E-state index in [4.69, 9.17) is 9.47 Å². The minimum Gasteiger partial charge on any atom is -0.486 e. The van der Waals surface area contributed by atoms with Gasteiger partial charge in [-0.15, -0.1) is 0 Å². The Morgan fingerprint density at radius 3 is 2.82 bits per heavy atom. The number of fused-ring (bicyclic) bond motifs is 1. The van der Waals surface area contributed by atoms with Crippen molar-refractivity contribution in [3.63, 3.8) is 0 Å². The Balaban J connectivity index is 1.90. The lowest BCUT2D eigenvalue weighted by Crippen LogP contribution is -2.41. The van der Waals surface area contributed by atoms with Crippen LogP contribution < -0.4 is 9.47 Å². The molecule has 17 heavy (non-hydrogen) atoms. The molecule has 1 N–H and O–H groups in total. The molecule has 94 valence electrons. The van der Waals surface area contributed by atoms with Crippen LogP contribution in [0.1, 0.15) is 6.92 Å². The topological polar surface area (TPSA) is 41.9 Å². The molecule has 4 heteroatoms. The molecule has 1 aromatic carbocycles. The van der Waals surface area contributed by atoms with Crippen molar-refractivity contribution in [2.75, 3.05) is 26.7 Å². The second-order valence-corrected chi connectivity index (χ2v) is 4.57. The number of para-hydroxylation sites is 2. The lowest BCUT2D eigenvalue weighted by Gasteiger charge is -2.29. The van der Waals surface area contributed by atoms with Gasteiger partial charge in [-0.25, -0.2) is 0 Å². The predicted octanol–water partition coefficient (Wildman–Crippen LogP) is 1.14. The van der Waals surface area contributed by atoms with Crippen molar-refractivity contribution < 1.29 is 14.6 Å². The summed E-state index contributed by atoms with van der Waals surface area (Å²) < 4.78 is 11.5. The summed E-state index contributed by atoms with van der Waals surface area (Å²) in [4.78, 5) is 2.05. The largest absolute Gasteiger partial charge is 0.486 e. The van der Waals surface area contributed by atoms with Crippen LogP contribution in [-0.4, -0.2) is 49.0 Å². The molecule has 0 aliphatic carbocycles. The van der Waals surface area contributed by atoms with Gasteiger partial charge >= 0.3 is 0 Å². The molecule has 4 nitrogen and oxygen atoms in total. The highest BCUT2D eigenvalue weighted by Gasteiger charge is 2.21. The van der Waals surface area contributed by atoms with E-state index in [0.717, 1.165) is 18.0 Å². The molecule has 2 atom stereocenters. The molecular weight excluding hydrogens is 218 g/mol. The molecule has 0 aromatic heterocycles. The van der Waals surface area contributed by atoms with E-state index in [1.165, 1.54) is 0 Å². The number of hydrogen-bond donors (Lipinski definition) is 1. The molecular formula is C13H19NO3. The van der Waals surface area contributed by atoms with Gasteiger partial charge in [0.1, 0.15) is 12.7 Å². The third-order valence-electron chi connectivity index (χ3n) is 2.66. The number of aliphatic hydroxyl groups is 1. The zero-order valence-electron chi connectivity index (χ0n) is 10.3. The highest BCUT2D eigenvalue weighted by atomic mass is 16.6. The van der Waals surface area contributed by atoms with Crippen LogP contribution in [0.2, 0.25) is 0 Å². The van der Waals surface area contributed by atoms with E-state index < -0.39 is 0 Å². The van der Waals surface area contributed by atoms with Gasteiger partial charge in [-0.1, -0.05) is 12.1 Å². The molecule has 0 radical (unpaired) electrons. The zero-order valence-corrected chi connectivity index (χ0v) is 10.3. The summed E-state index contributed by atoms with van der Waals surface area (Å²) in [7, 11) is 1.97. The van der Waals surface area contributed by atoms with E-state index in [2.05, 4.69) is 0 Å². The SMILES string of the molecule is CC(O)CN(C)CC1COc2ccccc2O1. The summed E-state index contributed by atoms with van der Waals surface area (Å²) in [6.07, 6.45) is -0.301. The second-order valence-electron chi connectivity index (χ2n) is 4.57. The van der Waals surface area contributed by atoms with Crippen LogP contribution in [0, 0.1) is 0 Å². The number of rotatable bonds is 4. The highest BCUT2D eigenvalue weighted by Crippen LogP contribution is 2.30. The molecule has 1 heterocycles. The van der Waals surface area contributed by atoms with Gasteiger partial charge in [0.05, 0.1) is 6.10 Å². The van der Waals surface area contributed by atoms with Gasteiger partial charge in [0.25, 0.3) is 0 Å². The Kier molecular flexibility index (Phi) is 3.86. The fraction of sp³-hybridized carbons (Fsp3) is 0.538. The van der Waals surface area contributed by atoms with Crippen molar-refractivity contribution in [3.8, 4) is 11.5 Å². The van der Waals surface area contributed by atoms with Gasteiger partial charge in [0, 0.05) is 13.1 Å². The van der Waals surface area contributed by atoms with Gasteiger partial charge in [-0.3, -0.25) is 4.90 Å². The molecule has 0 saturated carbocycles. The maximum Gasteiger partial charge on any atom is 0.161 e. The fourth-order valence-corrected chi connectivity index (χ4v) is 2.03. The average Bonchev–Trinajstić information content (AvgIpc) is 2.27. The predicted molar refractivity (Wildman–Crippen MR) is 65.5 cm³/mol. The summed E-state index contributed by atoms with van der Waals surface area (Å²) in [6, 6.07) is 7.69. The summed E-state index contributed by atoms with van der Waals surface area (Å²) in [5.74, 6) is 1.61. The number of ether oxygens (including phenoxy) is 2. The van der Waals surface area contributed by atoms with Crippen LogP contribution in [0.3, 0.4) is 0 Å². The molecule has 2 unspecified atom stereocenters. The summed E-state index contributed by atoms with van der Waals surface area (Å²) >= 11 is 0. The third kappa shape index (κ3) is 3.35. The van der Waals surface area contributed by atoms with Crippen LogP contribution in [-0.2, 0) is 0 Å². The maximum atomic E-state index is 9.30.